The molecule has 1 fully saturated rings. The van der Waals surface area contributed by atoms with Crippen LogP contribution in [0.4, 0.5) is 0 Å². The minimum Gasteiger partial charge on any atom is -0.336 e. The maximum atomic E-state index is 12.3. The Morgan fingerprint density at radius 2 is 2.39 bits per heavy atom. The van der Waals surface area contributed by atoms with Gasteiger partial charge in [0.2, 0.25) is 0 Å². The zero-order valence-corrected chi connectivity index (χ0v) is 11.6. The van der Waals surface area contributed by atoms with Gasteiger partial charge in [-0.05, 0) is 25.3 Å². The van der Waals surface area contributed by atoms with Gasteiger partial charge in [0.25, 0.3) is 5.91 Å². The Morgan fingerprint density at radius 1 is 1.61 bits per heavy atom. The highest BCUT2D eigenvalue weighted by molar-refractivity contribution is 7.10. The largest absolute Gasteiger partial charge is 0.336 e. The number of carbonyl (C=O) groups excluding carboxylic acids is 1. The Labute approximate surface area is 112 Å². The van der Waals surface area contributed by atoms with Crippen molar-refractivity contribution in [3.63, 3.8) is 0 Å². The summed E-state index contributed by atoms with van der Waals surface area (Å²) in [5, 5.41) is 1.89. The van der Waals surface area contributed by atoms with Gasteiger partial charge in [0.05, 0.1) is 17.0 Å². The first-order chi connectivity index (χ1) is 8.61. The summed E-state index contributed by atoms with van der Waals surface area (Å²) in [7, 11) is 0. The molecule has 96 valence electrons. The lowest BCUT2D eigenvalue weighted by molar-refractivity contribution is 0.0744. The minimum absolute atomic E-state index is 0.129. The molecule has 0 spiro atoms. The molecule has 3 nitrogen and oxygen atoms in total. The molecule has 2 heterocycles. The van der Waals surface area contributed by atoms with E-state index >= 15 is 0 Å². The molecular weight excluding hydrogens is 244 g/mol. The van der Waals surface area contributed by atoms with Crippen LogP contribution >= 0.6 is 11.3 Å². The van der Waals surface area contributed by atoms with E-state index in [1.165, 1.54) is 11.3 Å². The van der Waals surface area contributed by atoms with Crippen molar-refractivity contribution < 1.29 is 4.79 Å². The van der Waals surface area contributed by atoms with Gasteiger partial charge in [-0.25, -0.2) is 0 Å². The molecule has 0 bridgehead atoms. The van der Waals surface area contributed by atoms with E-state index in [4.69, 9.17) is 5.73 Å². The van der Waals surface area contributed by atoms with E-state index in [1.807, 2.05) is 16.3 Å². The maximum absolute atomic E-state index is 12.3. The molecule has 1 amide bonds. The number of nitrogens with two attached hydrogens (primary N) is 1. The van der Waals surface area contributed by atoms with Crippen molar-refractivity contribution in [2.75, 3.05) is 13.1 Å². The number of amides is 1. The number of thiophene rings is 1. The van der Waals surface area contributed by atoms with Crippen LogP contribution in [0.5, 0.6) is 0 Å². The Morgan fingerprint density at radius 3 is 3.00 bits per heavy atom. The number of carbonyl (C=O) groups is 1. The Kier molecular flexibility index (Phi) is 4.05. The van der Waals surface area contributed by atoms with Gasteiger partial charge in [-0.3, -0.25) is 4.79 Å². The second-order valence-corrected chi connectivity index (χ2v) is 5.76. The predicted molar refractivity (Wildman–Crippen MR) is 74.5 cm³/mol. The van der Waals surface area contributed by atoms with Gasteiger partial charge in [0, 0.05) is 18.0 Å². The van der Waals surface area contributed by atoms with Crippen LogP contribution in [0.1, 0.15) is 35.5 Å². The number of likely N-dealkylation sites (tertiary alicyclic amines) is 1. The Hall–Kier alpha value is -1.31. The molecule has 0 radical (unpaired) electrons. The standard InChI is InChI=1S/C14H18N2OS/c1-10-6-11(2)16(8-10)14(17)12-7-13(18-9-12)4-3-5-15/h7,9-11H,5-6,8,15H2,1-2H3. The van der Waals surface area contributed by atoms with Crippen LogP contribution in [-0.4, -0.2) is 29.9 Å². The molecule has 2 atom stereocenters. The van der Waals surface area contributed by atoms with E-state index in [9.17, 15) is 4.79 Å². The van der Waals surface area contributed by atoms with Crippen molar-refractivity contribution in [3.05, 3.63) is 21.9 Å². The average molecular weight is 262 g/mol. The lowest BCUT2D eigenvalue weighted by Crippen LogP contribution is -2.33. The van der Waals surface area contributed by atoms with Crippen LogP contribution < -0.4 is 5.73 Å². The van der Waals surface area contributed by atoms with Gasteiger partial charge in [0.15, 0.2) is 0 Å². The van der Waals surface area contributed by atoms with Crippen molar-refractivity contribution in [2.24, 2.45) is 11.7 Å². The van der Waals surface area contributed by atoms with E-state index in [2.05, 4.69) is 25.7 Å². The first-order valence-electron chi connectivity index (χ1n) is 6.20. The second kappa shape index (κ2) is 5.55. The fourth-order valence-electron chi connectivity index (χ4n) is 2.40. The van der Waals surface area contributed by atoms with Crippen molar-refractivity contribution in [1.82, 2.24) is 4.90 Å². The maximum Gasteiger partial charge on any atom is 0.254 e. The van der Waals surface area contributed by atoms with Crippen LogP contribution in [0.3, 0.4) is 0 Å². The molecule has 0 aliphatic carbocycles. The molecule has 18 heavy (non-hydrogen) atoms. The zero-order valence-electron chi connectivity index (χ0n) is 10.8. The van der Waals surface area contributed by atoms with Gasteiger partial charge < -0.3 is 10.6 Å². The summed E-state index contributed by atoms with van der Waals surface area (Å²) in [6, 6.07) is 2.21. The number of hydrogen-bond acceptors (Lipinski definition) is 3. The van der Waals surface area contributed by atoms with Crippen LogP contribution in [0.25, 0.3) is 0 Å². The molecule has 1 saturated heterocycles. The van der Waals surface area contributed by atoms with Crippen molar-refractivity contribution in [1.29, 1.82) is 0 Å². The number of rotatable bonds is 1. The van der Waals surface area contributed by atoms with Gasteiger partial charge >= 0.3 is 0 Å². The molecule has 1 aliphatic heterocycles. The lowest BCUT2D eigenvalue weighted by Gasteiger charge is -2.20. The molecule has 2 unspecified atom stereocenters. The van der Waals surface area contributed by atoms with E-state index < -0.39 is 0 Å². The minimum atomic E-state index is 0.129. The monoisotopic (exact) mass is 262 g/mol. The molecule has 1 aromatic rings. The third-order valence-electron chi connectivity index (χ3n) is 3.20. The summed E-state index contributed by atoms with van der Waals surface area (Å²) in [5.41, 5.74) is 6.08. The first-order valence-corrected chi connectivity index (χ1v) is 7.08. The van der Waals surface area contributed by atoms with Gasteiger partial charge in [0.1, 0.15) is 0 Å². The molecular formula is C14H18N2OS. The molecule has 4 heteroatoms. The predicted octanol–water partition coefficient (Wildman–Crippen LogP) is 1.93. The van der Waals surface area contributed by atoms with E-state index in [1.54, 1.807) is 0 Å². The Balaban J connectivity index is 2.12. The van der Waals surface area contributed by atoms with Gasteiger partial charge in [-0.15, -0.1) is 11.3 Å². The van der Waals surface area contributed by atoms with Crippen molar-refractivity contribution in [3.8, 4) is 11.8 Å². The van der Waals surface area contributed by atoms with Crippen molar-refractivity contribution in [2.45, 2.75) is 26.3 Å². The highest BCUT2D eigenvalue weighted by Crippen LogP contribution is 2.25. The smallest absolute Gasteiger partial charge is 0.254 e. The third kappa shape index (κ3) is 2.74. The first kappa shape index (κ1) is 13.1. The van der Waals surface area contributed by atoms with E-state index in [0.717, 1.165) is 23.4 Å². The molecule has 2 rings (SSSR count). The summed E-state index contributed by atoms with van der Waals surface area (Å²) < 4.78 is 0. The molecule has 1 aromatic heterocycles. The number of nitrogens with zero attached hydrogens (tertiary/aromatic N) is 1. The number of hydrogen-bond donors (Lipinski definition) is 1. The SMILES string of the molecule is CC1CC(C)N(C(=O)c2csc(C#CCN)c2)C1. The zero-order chi connectivity index (χ0) is 13.1. The summed E-state index contributed by atoms with van der Waals surface area (Å²) in [5.74, 6) is 6.49. The Bertz CT molecular complexity index is 497. The second-order valence-electron chi connectivity index (χ2n) is 4.85. The van der Waals surface area contributed by atoms with Crippen LogP contribution in [-0.2, 0) is 0 Å². The topological polar surface area (TPSA) is 46.3 Å². The van der Waals surface area contributed by atoms with E-state index in [-0.39, 0.29) is 5.91 Å². The molecule has 0 aromatic carbocycles. The average Bonchev–Trinajstić information content (AvgIpc) is 2.92. The molecule has 1 aliphatic rings. The van der Waals surface area contributed by atoms with Crippen molar-refractivity contribution >= 4 is 17.2 Å². The lowest BCUT2D eigenvalue weighted by atomic mass is 10.1. The fourth-order valence-corrected chi connectivity index (χ4v) is 3.15. The van der Waals surface area contributed by atoms with E-state index in [0.29, 0.717) is 18.5 Å². The normalized spacial score (nSPS) is 22.7. The summed E-state index contributed by atoms with van der Waals surface area (Å²) in [6.07, 6.45) is 1.09. The van der Waals surface area contributed by atoms with Crippen LogP contribution in [0.2, 0.25) is 0 Å². The fraction of sp³-hybridized carbons (Fsp3) is 0.500. The third-order valence-corrected chi connectivity index (χ3v) is 4.05. The summed E-state index contributed by atoms with van der Waals surface area (Å²) >= 11 is 1.50. The van der Waals surface area contributed by atoms with Crippen LogP contribution in [0, 0.1) is 17.8 Å². The molecule has 2 N–H and O–H groups in total. The van der Waals surface area contributed by atoms with Crippen LogP contribution in [0.15, 0.2) is 11.4 Å². The quantitative estimate of drug-likeness (QED) is 0.786. The highest BCUT2D eigenvalue weighted by Gasteiger charge is 2.30. The molecule has 0 saturated carbocycles. The summed E-state index contributed by atoms with van der Waals surface area (Å²) in [4.78, 5) is 15.2. The highest BCUT2D eigenvalue weighted by atomic mass is 32.1. The van der Waals surface area contributed by atoms with Gasteiger partial charge in [-0.1, -0.05) is 18.8 Å². The summed E-state index contributed by atoms with van der Waals surface area (Å²) in [6.45, 7) is 5.51. The van der Waals surface area contributed by atoms with Gasteiger partial charge in [-0.2, -0.15) is 0 Å².